The molecule has 0 aliphatic rings. The van der Waals surface area contributed by atoms with Crippen molar-refractivity contribution >= 4 is 0 Å². The summed E-state index contributed by atoms with van der Waals surface area (Å²) in [6, 6.07) is 10.4. The van der Waals surface area contributed by atoms with Crippen LogP contribution in [0.5, 0.6) is 0 Å². The zero-order valence-electron chi connectivity index (χ0n) is 15.9. The Morgan fingerprint density at radius 3 is 2.08 bits per heavy atom. The minimum atomic E-state index is 0.668. The number of rotatable bonds is 18. The van der Waals surface area contributed by atoms with Crippen LogP contribution in [0.15, 0.2) is 30.3 Å². The second-order valence-electron chi connectivity index (χ2n) is 6.09. The van der Waals surface area contributed by atoms with E-state index in [1.54, 1.807) is 0 Å². The third kappa shape index (κ3) is 15.0. The van der Waals surface area contributed by atoms with Crippen LogP contribution in [0, 0.1) is 0 Å². The zero-order chi connectivity index (χ0) is 17.8. The highest BCUT2D eigenvalue weighted by atomic mass is 16.5. The van der Waals surface area contributed by atoms with Crippen molar-refractivity contribution < 1.29 is 9.47 Å². The number of benzene rings is 1. The molecule has 0 bridgehead atoms. The molecule has 1 aromatic carbocycles. The molecule has 0 aromatic heterocycles. The van der Waals surface area contributed by atoms with Crippen LogP contribution in [-0.4, -0.2) is 59.2 Å². The zero-order valence-corrected chi connectivity index (χ0v) is 15.9. The lowest BCUT2D eigenvalue weighted by Crippen LogP contribution is -2.29. The van der Waals surface area contributed by atoms with E-state index in [1.807, 2.05) is 6.07 Å². The average Bonchev–Trinajstić information content (AvgIpc) is 2.65. The molecule has 0 aliphatic heterocycles. The summed E-state index contributed by atoms with van der Waals surface area (Å²) in [5.74, 6) is 0. The summed E-state index contributed by atoms with van der Waals surface area (Å²) in [5, 5.41) is 10.2. The highest BCUT2D eigenvalue weighted by Gasteiger charge is 1.93. The van der Waals surface area contributed by atoms with Crippen molar-refractivity contribution in [1.82, 2.24) is 16.0 Å². The van der Waals surface area contributed by atoms with Gasteiger partial charge in [-0.05, 0) is 31.5 Å². The summed E-state index contributed by atoms with van der Waals surface area (Å²) in [4.78, 5) is 0. The fourth-order valence-electron chi connectivity index (χ4n) is 2.32. The second kappa shape index (κ2) is 17.8. The largest absolute Gasteiger partial charge is 0.379 e. The molecule has 0 aliphatic carbocycles. The van der Waals surface area contributed by atoms with Gasteiger partial charge in [0, 0.05) is 32.8 Å². The van der Waals surface area contributed by atoms with Crippen LogP contribution in [-0.2, 0) is 16.0 Å². The van der Waals surface area contributed by atoms with E-state index >= 15 is 0 Å². The quantitative estimate of drug-likeness (QED) is 0.354. The van der Waals surface area contributed by atoms with Gasteiger partial charge in [-0.15, -0.1) is 0 Å². The number of ether oxygens (including phenoxy) is 2. The Bertz CT molecular complexity index is 376. The summed E-state index contributed by atoms with van der Waals surface area (Å²) in [7, 11) is 0. The second-order valence-corrected chi connectivity index (χ2v) is 6.09. The van der Waals surface area contributed by atoms with E-state index in [9.17, 15) is 0 Å². The Labute approximate surface area is 153 Å². The Hall–Kier alpha value is -0.980. The van der Waals surface area contributed by atoms with Crippen molar-refractivity contribution in [3.63, 3.8) is 0 Å². The molecule has 5 heteroatoms. The first-order chi connectivity index (χ1) is 12.4. The number of hydrogen-bond donors (Lipinski definition) is 3. The third-order valence-electron chi connectivity index (χ3n) is 3.80. The van der Waals surface area contributed by atoms with Gasteiger partial charge >= 0.3 is 0 Å². The Balaban J connectivity index is 1.69. The van der Waals surface area contributed by atoms with E-state index < -0.39 is 0 Å². The summed E-state index contributed by atoms with van der Waals surface area (Å²) in [6.07, 6.45) is 3.57. The molecule has 25 heavy (non-hydrogen) atoms. The van der Waals surface area contributed by atoms with Crippen LogP contribution in [0.25, 0.3) is 0 Å². The van der Waals surface area contributed by atoms with E-state index in [0.717, 1.165) is 58.9 Å². The summed E-state index contributed by atoms with van der Waals surface area (Å²) in [6.45, 7) is 11.1. The molecular formula is C20H37N3O2. The maximum Gasteiger partial charge on any atom is 0.0701 e. The van der Waals surface area contributed by atoms with E-state index in [-0.39, 0.29) is 0 Å². The molecule has 1 rings (SSSR count). The molecule has 0 radical (unpaired) electrons. The van der Waals surface area contributed by atoms with Crippen molar-refractivity contribution in [1.29, 1.82) is 0 Å². The maximum absolute atomic E-state index is 5.57. The van der Waals surface area contributed by atoms with Gasteiger partial charge in [0.25, 0.3) is 0 Å². The molecule has 3 N–H and O–H groups in total. The number of nitrogens with one attached hydrogen (secondary N) is 3. The lowest BCUT2D eigenvalue weighted by molar-refractivity contribution is 0.0480. The fourth-order valence-corrected chi connectivity index (χ4v) is 2.32. The predicted molar refractivity (Wildman–Crippen MR) is 105 cm³/mol. The molecule has 0 heterocycles. The minimum Gasteiger partial charge on any atom is -0.379 e. The summed E-state index contributed by atoms with van der Waals surface area (Å²) in [5.41, 5.74) is 1.30. The van der Waals surface area contributed by atoms with Crippen LogP contribution in [0.2, 0.25) is 0 Å². The molecule has 1 aromatic rings. The summed E-state index contributed by atoms with van der Waals surface area (Å²) >= 11 is 0. The standard InChI is InChI=1S/C20H37N3O2/c1-2-3-10-21-12-13-22-11-7-15-24-17-18-25-16-14-23-19-20-8-5-4-6-9-20/h4-6,8-9,21-23H,2-3,7,10-19H2,1H3. The normalized spacial score (nSPS) is 11.1. The van der Waals surface area contributed by atoms with Crippen molar-refractivity contribution in [3.05, 3.63) is 35.9 Å². The molecule has 5 nitrogen and oxygen atoms in total. The molecule has 0 saturated heterocycles. The SMILES string of the molecule is CCCCNCCNCCCOCCOCCNCc1ccccc1. The van der Waals surface area contributed by atoms with Crippen LogP contribution < -0.4 is 16.0 Å². The first-order valence-electron chi connectivity index (χ1n) is 9.75. The van der Waals surface area contributed by atoms with Gasteiger partial charge in [0.2, 0.25) is 0 Å². The Kier molecular flexibility index (Phi) is 15.7. The Morgan fingerprint density at radius 1 is 0.680 bits per heavy atom. The Morgan fingerprint density at radius 2 is 1.36 bits per heavy atom. The molecule has 0 fully saturated rings. The minimum absolute atomic E-state index is 0.668. The molecular weight excluding hydrogens is 314 g/mol. The lowest BCUT2D eigenvalue weighted by Gasteiger charge is -2.08. The first-order valence-corrected chi connectivity index (χ1v) is 9.75. The van der Waals surface area contributed by atoms with Gasteiger partial charge in [-0.25, -0.2) is 0 Å². The lowest BCUT2D eigenvalue weighted by atomic mass is 10.2. The van der Waals surface area contributed by atoms with Crippen LogP contribution in [0.3, 0.4) is 0 Å². The number of unbranched alkanes of at least 4 members (excludes halogenated alkanes) is 1. The highest BCUT2D eigenvalue weighted by Crippen LogP contribution is 1.96. The van der Waals surface area contributed by atoms with Crippen LogP contribution in [0.1, 0.15) is 31.7 Å². The van der Waals surface area contributed by atoms with Crippen LogP contribution in [0.4, 0.5) is 0 Å². The molecule has 144 valence electrons. The van der Waals surface area contributed by atoms with Crippen LogP contribution >= 0.6 is 0 Å². The number of hydrogen-bond acceptors (Lipinski definition) is 5. The topological polar surface area (TPSA) is 54.5 Å². The van der Waals surface area contributed by atoms with E-state index in [4.69, 9.17) is 9.47 Å². The van der Waals surface area contributed by atoms with Crippen molar-refractivity contribution in [3.8, 4) is 0 Å². The average molecular weight is 352 g/mol. The molecule has 0 saturated carbocycles. The third-order valence-corrected chi connectivity index (χ3v) is 3.80. The van der Waals surface area contributed by atoms with Crippen molar-refractivity contribution in [2.45, 2.75) is 32.7 Å². The predicted octanol–water partition coefficient (Wildman–Crippen LogP) is 2.18. The summed E-state index contributed by atoms with van der Waals surface area (Å²) < 4.78 is 11.1. The van der Waals surface area contributed by atoms with Gasteiger partial charge in [-0.1, -0.05) is 43.7 Å². The van der Waals surface area contributed by atoms with Gasteiger partial charge < -0.3 is 25.4 Å². The fraction of sp³-hybridized carbons (Fsp3) is 0.700. The van der Waals surface area contributed by atoms with Gasteiger partial charge in [0.15, 0.2) is 0 Å². The van der Waals surface area contributed by atoms with E-state index in [2.05, 4.69) is 47.1 Å². The van der Waals surface area contributed by atoms with Crippen molar-refractivity contribution in [2.75, 3.05) is 59.2 Å². The molecule has 0 unspecified atom stereocenters. The molecule has 0 atom stereocenters. The molecule has 0 spiro atoms. The maximum atomic E-state index is 5.57. The van der Waals surface area contributed by atoms with Crippen molar-refractivity contribution in [2.24, 2.45) is 0 Å². The van der Waals surface area contributed by atoms with Gasteiger partial charge in [-0.2, -0.15) is 0 Å². The monoisotopic (exact) mass is 351 g/mol. The van der Waals surface area contributed by atoms with Gasteiger partial charge in [0.05, 0.1) is 19.8 Å². The first kappa shape index (κ1) is 22.1. The van der Waals surface area contributed by atoms with E-state index in [1.165, 1.54) is 18.4 Å². The van der Waals surface area contributed by atoms with Gasteiger partial charge in [-0.3, -0.25) is 0 Å². The van der Waals surface area contributed by atoms with Gasteiger partial charge in [0.1, 0.15) is 0 Å². The van der Waals surface area contributed by atoms with E-state index in [0.29, 0.717) is 13.2 Å². The highest BCUT2D eigenvalue weighted by molar-refractivity contribution is 5.14. The molecule has 0 amide bonds. The smallest absolute Gasteiger partial charge is 0.0701 e.